The zero-order valence-electron chi connectivity index (χ0n) is 22.6. The first-order valence-electron chi connectivity index (χ1n) is 13.5. The average molecular weight is 551 g/mol. The van der Waals surface area contributed by atoms with Crippen LogP contribution in [0.5, 0.6) is 5.75 Å². The number of rotatable bonds is 13. The number of carbonyl (C=O) groups excluding carboxylic acids is 1. The second-order valence-corrected chi connectivity index (χ2v) is 9.78. The lowest BCUT2D eigenvalue weighted by Gasteiger charge is -2.44. The molecule has 3 aromatic rings. The molecule has 40 heavy (non-hydrogen) atoms. The van der Waals surface area contributed by atoms with Crippen molar-refractivity contribution in [2.45, 2.75) is 56.7 Å². The Morgan fingerprint density at radius 3 is 2.42 bits per heavy atom. The van der Waals surface area contributed by atoms with E-state index >= 15 is 0 Å². The van der Waals surface area contributed by atoms with Gasteiger partial charge in [-0.05, 0) is 47.4 Å². The summed E-state index contributed by atoms with van der Waals surface area (Å²) in [5.74, 6) is -0.126. The number of benzene rings is 3. The van der Waals surface area contributed by atoms with Crippen LogP contribution in [0.4, 0.5) is 0 Å². The predicted molar refractivity (Wildman–Crippen MR) is 150 cm³/mol. The van der Waals surface area contributed by atoms with Crippen LogP contribution in [0.25, 0.3) is 11.1 Å². The lowest BCUT2D eigenvalue weighted by atomic mass is 9.96. The molecule has 214 valence electrons. The van der Waals surface area contributed by atoms with Gasteiger partial charge in [-0.25, -0.2) is 0 Å². The number of hydrogen-bond acceptors (Lipinski definition) is 8. The molecule has 1 saturated heterocycles. The zero-order valence-corrected chi connectivity index (χ0v) is 22.6. The summed E-state index contributed by atoms with van der Waals surface area (Å²) in [5, 5.41) is 23.8. The highest BCUT2D eigenvalue weighted by Gasteiger charge is 2.47. The predicted octanol–water partition coefficient (Wildman–Crippen LogP) is 3.12. The molecule has 1 aliphatic rings. The molecular formula is C31H38N2O7. The van der Waals surface area contributed by atoms with Crippen LogP contribution < -0.4 is 11.1 Å². The van der Waals surface area contributed by atoms with E-state index in [9.17, 15) is 15.0 Å². The number of nitrogens with one attached hydrogen (secondary N) is 1. The second kappa shape index (κ2) is 14.9. The number of aliphatic hydroxyl groups is 1. The first kappa shape index (κ1) is 29.7. The van der Waals surface area contributed by atoms with E-state index in [1.54, 1.807) is 18.2 Å². The standard InChI is InChI=1S/C31H38N2O7/c1-37-30-28(33-27(35)11-6-16-32)31(39-19-22-7-5-10-25(34)17-22)40-26(29(30)36)20-38-18-21-12-14-24(15-13-21)23-8-3-2-4-9-23/h2-5,7-10,12-15,17,26,28-31,34,36H,6,11,16,18-20,32H2,1H3,(H,33,35)/t26-,28-,29-,30-,31?/m1/s1. The summed E-state index contributed by atoms with van der Waals surface area (Å²) >= 11 is 0. The van der Waals surface area contributed by atoms with Crippen LogP contribution in [0, 0.1) is 0 Å². The van der Waals surface area contributed by atoms with Crippen molar-refractivity contribution in [1.82, 2.24) is 5.32 Å². The van der Waals surface area contributed by atoms with Gasteiger partial charge in [0.15, 0.2) is 6.29 Å². The number of ether oxygens (including phenoxy) is 4. The monoisotopic (exact) mass is 550 g/mol. The third-order valence-corrected chi connectivity index (χ3v) is 6.82. The van der Waals surface area contributed by atoms with E-state index < -0.39 is 30.6 Å². The van der Waals surface area contributed by atoms with Gasteiger partial charge in [-0.1, -0.05) is 66.7 Å². The number of aliphatic hydroxyl groups excluding tert-OH is 1. The van der Waals surface area contributed by atoms with Crippen molar-refractivity contribution in [2.24, 2.45) is 5.73 Å². The SMILES string of the molecule is CO[C@H]1[C@H](O)[C@@H](COCc2ccc(-c3ccccc3)cc2)OC(OCc2cccc(O)c2)[C@@H]1NC(=O)CCCN. The molecule has 9 nitrogen and oxygen atoms in total. The number of methoxy groups -OCH3 is 1. The minimum Gasteiger partial charge on any atom is -0.508 e. The molecule has 0 saturated carbocycles. The van der Waals surface area contributed by atoms with Crippen LogP contribution in [0.1, 0.15) is 24.0 Å². The Morgan fingerprint density at radius 1 is 0.975 bits per heavy atom. The van der Waals surface area contributed by atoms with Gasteiger partial charge in [-0.15, -0.1) is 0 Å². The van der Waals surface area contributed by atoms with Gasteiger partial charge in [0.1, 0.15) is 30.1 Å². The van der Waals surface area contributed by atoms with Gasteiger partial charge < -0.3 is 40.2 Å². The first-order chi connectivity index (χ1) is 19.5. The van der Waals surface area contributed by atoms with Crippen molar-refractivity contribution >= 4 is 5.91 Å². The highest BCUT2D eigenvalue weighted by Crippen LogP contribution is 2.27. The number of phenols is 1. The van der Waals surface area contributed by atoms with E-state index in [0.717, 1.165) is 22.3 Å². The molecule has 5 atom stereocenters. The normalized spacial score (nSPS) is 22.6. The fourth-order valence-corrected chi connectivity index (χ4v) is 4.70. The average Bonchev–Trinajstić information content (AvgIpc) is 2.97. The lowest BCUT2D eigenvalue weighted by Crippen LogP contribution is -2.65. The third-order valence-electron chi connectivity index (χ3n) is 6.82. The van der Waals surface area contributed by atoms with Crippen LogP contribution in [0.3, 0.4) is 0 Å². The molecule has 1 aliphatic heterocycles. The molecule has 1 amide bonds. The first-order valence-corrected chi connectivity index (χ1v) is 13.5. The van der Waals surface area contributed by atoms with Crippen LogP contribution >= 0.6 is 0 Å². The number of phenolic OH excluding ortho intramolecular Hbond substituents is 1. The minimum absolute atomic E-state index is 0.0846. The van der Waals surface area contributed by atoms with Crippen molar-refractivity contribution in [3.63, 3.8) is 0 Å². The summed E-state index contributed by atoms with van der Waals surface area (Å²) in [6, 6.07) is 24.1. The highest BCUT2D eigenvalue weighted by atomic mass is 16.7. The van der Waals surface area contributed by atoms with Gasteiger partial charge in [-0.2, -0.15) is 0 Å². The maximum absolute atomic E-state index is 12.6. The molecule has 0 spiro atoms. The molecule has 9 heteroatoms. The number of nitrogens with two attached hydrogens (primary N) is 1. The van der Waals surface area contributed by atoms with Crippen LogP contribution in [0.2, 0.25) is 0 Å². The Kier molecular flexibility index (Phi) is 11.1. The lowest BCUT2D eigenvalue weighted by molar-refractivity contribution is -0.279. The molecule has 1 fully saturated rings. The maximum atomic E-state index is 12.6. The fourth-order valence-electron chi connectivity index (χ4n) is 4.70. The molecule has 4 rings (SSSR count). The quantitative estimate of drug-likeness (QED) is 0.255. The van der Waals surface area contributed by atoms with E-state index in [4.69, 9.17) is 24.7 Å². The summed E-state index contributed by atoms with van der Waals surface area (Å²) in [7, 11) is 1.47. The van der Waals surface area contributed by atoms with E-state index in [-0.39, 0.29) is 31.3 Å². The van der Waals surface area contributed by atoms with Gasteiger partial charge in [0, 0.05) is 13.5 Å². The zero-order chi connectivity index (χ0) is 28.3. The molecule has 0 aliphatic carbocycles. The van der Waals surface area contributed by atoms with E-state index in [0.29, 0.717) is 19.6 Å². The molecule has 0 bridgehead atoms. The number of amides is 1. The fraction of sp³-hybridized carbons (Fsp3) is 0.387. The Morgan fingerprint density at radius 2 is 1.73 bits per heavy atom. The minimum atomic E-state index is -1.08. The van der Waals surface area contributed by atoms with Gasteiger partial charge in [0.05, 0.1) is 19.8 Å². The Hall–Kier alpha value is -3.31. The maximum Gasteiger partial charge on any atom is 0.220 e. The number of hydrogen-bond donors (Lipinski definition) is 4. The molecule has 3 aromatic carbocycles. The molecule has 1 unspecified atom stereocenters. The van der Waals surface area contributed by atoms with E-state index in [2.05, 4.69) is 17.4 Å². The van der Waals surface area contributed by atoms with E-state index in [1.807, 2.05) is 48.5 Å². The van der Waals surface area contributed by atoms with Gasteiger partial charge in [-0.3, -0.25) is 4.79 Å². The topological polar surface area (TPSA) is 133 Å². The van der Waals surface area contributed by atoms with Gasteiger partial charge in [0.25, 0.3) is 0 Å². The highest BCUT2D eigenvalue weighted by molar-refractivity contribution is 5.76. The van der Waals surface area contributed by atoms with Gasteiger partial charge in [0.2, 0.25) is 5.91 Å². The third kappa shape index (κ3) is 8.11. The Balaban J connectivity index is 1.40. The van der Waals surface area contributed by atoms with Gasteiger partial charge >= 0.3 is 0 Å². The largest absolute Gasteiger partial charge is 0.508 e. The summed E-state index contributed by atoms with van der Waals surface area (Å²) in [6.45, 7) is 0.910. The molecule has 5 N–H and O–H groups in total. The van der Waals surface area contributed by atoms with Crippen molar-refractivity contribution in [1.29, 1.82) is 0 Å². The van der Waals surface area contributed by atoms with Crippen molar-refractivity contribution in [3.8, 4) is 16.9 Å². The summed E-state index contributed by atoms with van der Waals surface area (Å²) < 4.78 is 23.8. The number of aromatic hydroxyl groups is 1. The van der Waals surface area contributed by atoms with Crippen LogP contribution in [-0.2, 0) is 37.0 Å². The number of carbonyl (C=O) groups is 1. The van der Waals surface area contributed by atoms with Crippen molar-refractivity contribution in [3.05, 3.63) is 90.0 Å². The molecule has 0 aromatic heterocycles. The summed E-state index contributed by atoms with van der Waals surface area (Å²) in [6.07, 6.45) is -2.82. The Labute approximate surface area is 234 Å². The van der Waals surface area contributed by atoms with E-state index in [1.165, 1.54) is 7.11 Å². The Bertz CT molecular complexity index is 1190. The van der Waals surface area contributed by atoms with Crippen molar-refractivity contribution in [2.75, 3.05) is 20.3 Å². The smallest absolute Gasteiger partial charge is 0.220 e. The van der Waals surface area contributed by atoms with Crippen LogP contribution in [0.15, 0.2) is 78.9 Å². The summed E-state index contributed by atoms with van der Waals surface area (Å²) in [5.41, 5.74) is 9.51. The summed E-state index contributed by atoms with van der Waals surface area (Å²) in [4.78, 5) is 12.6. The second-order valence-electron chi connectivity index (χ2n) is 9.78. The van der Waals surface area contributed by atoms with Crippen molar-refractivity contribution < 1.29 is 34.0 Å². The molecular weight excluding hydrogens is 512 g/mol. The van der Waals surface area contributed by atoms with Crippen LogP contribution in [-0.4, -0.2) is 67.0 Å². The molecule has 1 heterocycles. The molecule has 0 radical (unpaired) electrons.